The number of carbonyl (C=O) groups excluding carboxylic acids is 1. The first-order valence-corrected chi connectivity index (χ1v) is 9.59. The van der Waals surface area contributed by atoms with Crippen LogP contribution in [0.4, 0.5) is 5.82 Å². The molecule has 4 aromatic rings. The average Bonchev–Trinajstić information content (AvgIpc) is 3.45. The molecule has 3 aromatic heterocycles. The highest BCUT2D eigenvalue weighted by atomic mass is 35.5. The second-order valence-electron chi connectivity index (χ2n) is 7.08. The molecule has 0 fully saturated rings. The molecule has 1 aromatic carbocycles. The summed E-state index contributed by atoms with van der Waals surface area (Å²) in [5.74, 6) is 0.881. The molecule has 0 aliphatic carbocycles. The summed E-state index contributed by atoms with van der Waals surface area (Å²) in [6, 6.07) is 7.83. The molecule has 0 spiro atoms. The number of halogens is 1. The third-order valence-electron chi connectivity index (χ3n) is 4.95. The quantitative estimate of drug-likeness (QED) is 0.535. The highest BCUT2D eigenvalue weighted by Gasteiger charge is 2.30. The third-order valence-corrected chi connectivity index (χ3v) is 5.23. The van der Waals surface area contributed by atoms with E-state index in [9.17, 15) is 4.79 Å². The van der Waals surface area contributed by atoms with Gasteiger partial charge in [-0.1, -0.05) is 6.07 Å². The van der Waals surface area contributed by atoms with E-state index in [1.165, 1.54) is 4.90 Å². The summed E-state index contributed by atoms with van der Waals surface area (Å²) >= 11 is 6.37. The lowest BCUT2D eigenvalue weighted by Gasteiger charge is -2.26. The summed E-state index contributed by atoms with van der Waals surface area (Å²) < 4.78 is 12.9. The van der Waals surface area contributed by atoms with Crippen LogP contribution in [0.3, 0.4) is 0 Å². The fraction of sp³-hybridized carbons (Fsp3) is 0.263. The molecule has 0 unspecified atom stereocenters. The molecule has 1 aliphatic heterocycles. The van der Waals surface area contributed by atoms with E-state index < -0.39 is 0 Å². The molecule has 0 saturated heterocycles. The van der Waals surface area contributed by atoms with Crippen LogP contribution < -0.4 is 4.90 Å². The minimum atomic E-state index is -0.257. The summed E-state index contributed by atoms with van der Waals surface area (Å²) in [6.45, 7) is 0.564. The first-order valence-electron chi connectivity index (χ1n) is 9.21. The minimum Gasteiger partial charge on any atom is -0.419 e. The standard InChI is InChI=1S/C19H18ClN7O3/c1-25-9-29-10-26(2)18(28)15-16(25)22-19(20)27(15)8-14-23-24-17(30-14)12-4-3-11-5-6-21-13(11)7-12/h3-7,21H,8-10H2,1-2H3. The zero-order valence-electron chi connectivity index (χ0n) is 16.3. The molecule has 1 aliphatic rings. The summed E-state index contributed by atoms with van der Waals surface area (Å²) in [5, 5.41) is 9.53. The predicted octanol–water partition coefficient (Wildman–Crippen LogP) is 2.57. The summed E-state index contributed by atoms with van der Waals surface area (Å²) in [6.07, 6.45) is 1.87. The van der Waals surface area contributed by atoms with E-state index in [4.69, 9.17) is 20.8 Å². The van der Waals surface area contributed by atoms with Crippen molar-refractivity contribution in [3.05, 3.63) is 47.3 Å². The van der Waals surface area contributed by atoms with E-state index in [2.05, 4.69) is 20.2 Å². The van der Waals surface area contributed by atoms with Crippen molar-refractivity contribution in [1.29, 1.82) is 0 Å². The second-order valence-corrected chi connectivity index (χ2v) is 7.42. The van der Waals surface area contributed by atoms with Crippen molar-refractivity contribution in [2.45, 2.75) is 6.54 Å². The Morgan fingerprint density at radius 1 is 1.17 bits per heavy atom. The Morgan fingerprint density at radius 3 is 2.87 bits per heavy atom. The summed E-state index contributed by atoms with van der Waals surface area (Å²) in [7, 11) is 3.44. The van der Waals surface area contributed by atoms with Crippen molar-refractivity contribution >= 4 is 34.2 Å². The lowest BCUT2D eigenvalue weighted by atomic mass is 10.2. The highest BCUT2D eigenvalue weighted by molar-refractivity contribution is 6.29. The van der Waals surface area contributed by atoms with Crippen LogP contribution >= 0.6 is 11.6 Å². The van der Waals surface area contributed by atoms with Crippen LogP contribution in [0.15, 0.2) is 34.9 Å². The van der Waals surface area contributed by atoms with Crippen LogP contribution in [0.5, 0.6) is 0 Å². The number of fused-ring (bicyclic) bond motifs is 2. The number of hydrogen-bond acceptors (Lipinski definition) is 7. The summed E-state index contributed by atoms with van der Waals surface area (Å²) in [4.78, 5) is 23.6. The number of rotatable bonds is 3. The molecule has 1 N–H and O–H groups in total. The smallest absolute Gasteiger partial charge is 0.276 e. The Morgan fingerprint density at radius 2 is 2.00 bits per heavy atom. The van der Waals surface area contributed by atoms with Crippen LogP contribution in [0.1, 0.15) is 16.4 Å². The number of anilines is 1. The van der Waals surface area contributed by atoms with Crippen LogP contribution in [0, 0.1) is 0 Å². The van der Waals surface area contributed by atoms with Gasteiger partial charge in [-0.3, -0.25) is 9.36 Å². The number of ether oxygens (including phenoxy) is 1. The van der Waals surface area contributed by atoms with Crippen LogP contribution in [-0.2, 0) is 11.3 Å². The van der Waals surface area contributed by atoms with Gasteiger partial charge in [-0.15, -0.1) is 10.2 Å². The maximum absolute atomic E-state index is 12.9. The Balaban J connectivity index is 1.49. The number of amides is 1. The van der Waals surface area contributed by atoms with Gasteiger partial charge >= 0.3 is 0 Å². The van der Waals surface area contributed by atoms with E-state index in [1.807, 2.05) is 30.5 Å². The molecule has 4 heterocycles. The van der Waals surface area contributed by atoms with E-state index in [1.54, 1.807) is 23.6 Å². The number of H-pyrrole nitrogens is 1. The first kappa shape index (κ1) is 18.6. The zero-order valence-corrected chi connectivity index (χ0v) is 17.0. The van der Waals surface area contributed by atoms with E-state index in [-0.39, 0.29) is 31.2 Å². The molecule has 1 amide bonds. The van der Waals surface area contributed by atoms with Crippen molar-refractivity contribution in [2.75, 3.05) is 32.5 Å². The number of hydrogen-bond donors (Lipinski definition) is 1. The molecule has 0 bridgehead atoms. The molecule has 10 nitrogen and oxygen atoms in total. The summed E-state index contributed by atoms with van der Waals surface area (Å²) in [5.41, 5.74) is 2.12. The largest absolute Gasteiger partial charge is 0.419 e. The van der Waals surface area contributed by atoms with Crippen molar-refractivity contribution in [3.8, 4) is 11.5 Å². The number of nitrogens with zero attached hydrogens (tertiary/aromatic N) is 6. The van der Waals surface area contributed by atoms with E-state index >= 15 is 0 Å². The van der Waals surface area contributed by atoms with Crippen molar-refractivity contribution in [2.24, 2.45) is 0 Å². The maximum Gasteiger partial charge on any atom is 0.276 e. The van der Waals surface area contributed by atoms with Gasteiger partial charge < -0.3 is 23.9 Å². The van der Waals surface area contributed by atoms with Gasteiger partial charge in [-0.25, -0.2) is 0 Å². The van der Waals surface area contributed by atoms with Gasteiger partial charge in [0.25, 0.3) is 5.91 Å². The highest BCUT2D eigenvalue weighted by Crippen LogP contribution is 2.28. The zero-order chi connectivity index (χ0) is 20.8. The van der Waals surface area contributed by atoms with Crippen molar-refractivity contribution in [1.82, 2.24) is 29.6 Å². The second kappa shape index (κ2) is 7.15. The minimum absolute atomic E-state index is 0.118. The van der Waals surface area contributed by atoms with E-state index in [0.717, 1.165) is 16.5 Å². The molecule has 30 heavy (non-hydrogen) atoms. The molecule has 5 rings (SSSR count). The number of benzene rings is 1. The van der Waals surface area contributed by atoms with Gasteiger partial charge in [0.05, 0.1) is 0 Å². The maximum atomic E-state index is 12.9. The van der Waals surface area contributed by atoms with Gasteiger partial charge in [0.15, 0.2) is 11.5 Å². The lowest BCUT2D eigenvalue weighted by Crippen LogP contribution is -2.37. The van der Waals surface area contributed by atoms with Crippen molar-refractivity contribution in [3.63, 3.8) is 0 Å². The topological polar surface area (TPSA) is 105 Å². The Labute approximate surface area is 176 Å². The third kappa shape index (κ3) is 3.10. The number of nitrogens with one attached hydrogen (secondary N) is 1. The monoisotopic (exact) mass is 427 g/mol. The molecule has 0 atom stereocenters. The van der Waals surface area contributed by atoms with Gasteiger partial charge in [0, 0.05) is 31.4 Å². The van der Waals surface area contributed by atoms with Gasteiger partial charge in [0.2, 0.25) is 17.1 Å². The average molecular weight is 428 g/mol. The van der Waals surface area contributed by atoms with Gasteiger partial charge in [-0.05, 0) is 35.2 Å². The Bertz CT molecular complexity index is 1240. The van der Waals surface area contributed by atoms with E-state index in [0.29, 0.717) is 23.3 Å². The molecule has 154 valence electrons. The van der Waals surface area contributed by atoms with Gasteiger partial charge in [0.1, 0.15) is 20.0 Å². The molecule has 0 radical (unpaired) electrons. The lowest BCUT2D eigenvalue weighted by molar-refractivity contribution is 0.0312. The predicted molar refractivity (Wildman–Crippen MR) is 109 cm³/mol. The number of aromatic amines is 1. The first-order chi connectivity index (χ1) is 14.5. The van der Waals surface area contributed by atoms with Gasteiger partial charge in [-0.2, -0.15) is 4.98 Å². The SMILES string of the molecule is CN1COCN(C)c2nc(Cl)n(Cc3nnc(-c4ccc5cc[nH]c5c4)o3)c2C1=O. The molecule has 0 saturated carbocycles. The Kier molecular flexibility index (Phi) is 4.44. The fourth-order valence-corrected chi connectivity index (χ4v) is 3.63. The van der Waals surface area contributed by atoms with Crippen LogP contribution in [0.25, 0.3) is 22.4 Å². The normalized spacial score (nSPS) is 14.8. The number of carbonyl (C=O) groups is 1. The molecular formula is C19H18ClN7O3. The van der Waals surface area contributed by atoms with Crippen LogP contribution in [0.2, 0.25) is 5.28 Å². The molecule has 11 heteroatoms. The van der Waals surface area contributed by atoms with Crippen molar-refractivity contribution < 1.29 is 13.9 Å². The fourth-order valence-electron chi connectivity index (χ4n) is 3.40. The Hall–Kier alpha value is -3.37. The van der Waals surface area contributed by atoms with Crippen LogP contribution in [-0.4, -0.2) is 63.1 Å². The molecular weight excluding hydrogens is 410 g/mol. The number of imidazole rings is 1. The number of aromatic nitrogens is 5.